The first-order chi connectivity index (χ1) is 8.45. The van der Waals surface area contributed by atoms with Gasteiger partial charge in [-0.2, -0.15) is 0 Å². The first-order valence-electron chi connectivity index (χ1n) is 6.88. The lowest BCUT2D eigenvalue weighted by atomic mass is 9.95. The van der Waals surface area contributed by atoms with Crippen molar-refractivity contribution in [1.29, 1.82) is 0 Å². The Kier molecular flexibility index (Phi) is 6.14. The second-order valence-corrected chi connectivity index (χ2v) is 6.56. The van der Waals surface area contributed by atoms with Gasteiger partial charge in [-0.1, -0.05) is 61.5 Å². The quantitative estimate of drug-likeness (QED) is 0.585. The average molecular weight is 309 g/mol. The molecule has 0 amide bonds. The zero-order valence-electron chi connectivity index (χ0n) is 12.1. The summed E-state index contributed by atoms with van der Waals surface area (Å²) < 4.78 is 0. The Morgan fingerprint density at radius 3 is 2.44 bits per heavy atom. The van der Waals surface area contributed by atoms with E-state index in [1.165, 1.54) is 28.7 Å². The fourth-order valence-corrected chi connectivity index (χ4v) is 2.66. The zero-order chi connectivity index (χ0) is 13.7. The highest BCUT2D eigenvalue weighted by Gasteiger charge is 2.12. The van der Waals surface area contributed by atoms with Crippen molar-refractivity contribution in [3.8, 4) is 0 Å². The number of hydrogen-bond donors (Lipinski definition) is 0. The number of aryl methyl sites for hydroxylation is 2. The third kappa shape index (κ3) is 4.28. The Morgan fingerprint density at radius 2 is 1.94 bits per heavy atom. The van der Waals surface area contributed by atoms with E-state index in [2.05, 4.69) is 68.4 Å². The maximum atomic E-state index is 4.25. The fourth-order valence-electron chi connectivity index (χ4n) is 2.13. The Balaban J connectivity index is 2.74. The van der Waals surface area contributed by atoms with Crippen molar-refractivity contribution in [3.63, 3.8) is 0 Å². The van der Waals surface area contributed by atoms with Crippen LogP contribution >= 0.6 is 15.9 Å². The van der Waals surface area contributed by atoms with Gasteiger partial charge in [0.1, 0.15) is 0 Å². The van der Waals surface area contributed by atoms with Crippen LogP contribution in [0.4, 0.5) is 0 Å². The molecule has 1 rings (SSSR count). The molecule has 0 aliphatic carbocycles. The molecule has 1 aromatic carbocycles. The Morgan fingerprint density at radius 1 is 1.28 bits per heavy atom. The predicted octanol–water partition coefficient (Wildman–Crippen LogP) is 5.77. The third-order valence-electron chi connectivity index (χ3n) is 3.47. The minimum atomic E-state index is 0.395. The van der Waals surface area contributed by atoms with Gasteiger partial charge in [0.05, 0.1) is 0 Å². The number of benzene rings is 1. The molecule has 0 spiro atoms. The van der Waals surface area contributed by atoms with Gasteiger partial charge in [-0.05, 0) is 54.4 Å². The predicted molar refractivity (Wildman–Crippen MR) is 86.4 cm³/mol. The normalized spacial score (nSPS) is 12.8. The van der Waals surface area contributed by atoms with Crippen LogP contribution in [0.2, 0.25) is 0 Å². The summed E-state index contributed by atoms with van der Waals surface area (Å²) in [6, 6.07) is 6.71. The zero-order valence-corrected chi connectivity index (χ0v) is 13.7. The lowest BCUT2D eigenvalue weighted by molar-refractivity contribution is 0.568. The van der Waals surface area contributed by atoms with Gasteiger partial charge >= 0.3 is 0 Å². The standard InChI is InChI=1S/C17H25Br/c1-6-15-8-9-16(11-13(15)4)14(5)17(18)10-7-12(2)3/h8-9,11-12,17H,5-7,10H2,1-4H3. The topological polar surface area (TPSA) is 0 Å². The van der Waals surface area contributed by atoms with E-state index in [1.54, 1.807) is 0 Å². The highest BCUT2D eigenvalue weighted by molar-refractivity contribution is 9.09. The number of allylic oxidation sites excluding steroid dienone is 1. The fraction of sp³-hybridized carbons (Fsp3) is 0.529. The Hall–Kier alpha value is -0.560. The van der Waals surface area contributed by atoms with Crippen LogP contribution in [0.15, 0.2) is 24.8 Å². The second kappa shape index (κ2) is 7.13. The third-order valence-corrected chi connectivity index (χ3v) is 4.48. The van der Waals surface area contributed by atoms with E-state index >= 15 is 0 Å². The summed E-state index contributed by atoms with van der Waals surface area (Å²) in [6.07, 6.45) is 3.50. The molecule has 0 heterocycles. The van der Waals surface area contributed by atoms with E-state index in [4.69, 9.17) is 0 Å². The number of alkyl halides is 1. The summed E-state index contributed by atoms with van der Waals surface area (Å²) in [5, 5.41) is 0. The molecule has 0 saturated carbocycles. The molecule has 0 aliphatic heterocycles. The minimum absolute atomic E-state index is 0.395. The van der Waals surface area contributed by atoms with Gasteiger partial charge in [0, 0.05) is 4.83 Å². The van der Waals surface area contributed by atoms with Gasteiger partial charge in [-0.3, -0.25) is 0 Å². The highest BCUT2D eigenvalue weighted by atomic mass is 79.9. The van der Waals surface area contributed by atoms with Crippen molar-refractivity contribution in [2.24, 2.45) is 5.92 Å². The maximum Gasteiger partial charge on any atom is 0.0395 e. The van der Waals surface area contributed by atoms with Crippen molar-refractivity contribution in [2.45, 2.75) is 51.8 Å². The molecule has 1 atom stereocenters. The van der Waals surface area contributed by atoms with Crippen molar-refractivity contribution >= 4 is 21.5 Å². The molecule has 1 aromatic rings. The van der Waals surface area contributed by atoms with Crippen molar-refractivity contribution in [2.75, 3.05) is 0 Å². The maximum absolute atomic E-state index is 4.25. The molecule has 100 valence electrons. The molecule has 0 saturated heterocycles. The monoisotopic (exact) mass is 308 g/mol. The van der Waals surface area contributed by atoms with Crippen molar-refractivity contribution in [1.82, 2.24) is 0 Å². The Bertz CT molecular complexity index is 404. The van der Waals surface area contributed by atoms with Crippen LogP contribution in [-0.2, 0) is 6.42 Å². The number of halogens is 1. The molecule has 0 bridgehead atoms. The van der Waals surface area contributed by atoms with E-state index in [0.29, 0.717) is 4.83 Å². The molecule has 0 N–H and O–H groups in total. The molecule has 1 heteroatoms. The number of hydrogen-bond acceptors (Lipinski definition) is 0. The van der Waals surface area contributed by atoms with Crippen LogP contribution in [0.25, 0.3) is 5.57 Å². The number of rotatable bonds is 6. The van der Waals surface area contributed by atoms with Crippen LogP contribution in [0, 0.1) is 12.8 Å². The molecular weight excluding hydrogens is 284 g/mol. The molecule has 0 aliphatic rings. The molecular formula is C17H25Br. The molecule has 0 nitrogen and oxygen atoms in total. The largest absolute Gasteiger partial charge is 0.0941 e. The summed E-state index contributed by atoms with van der Waals surface area (Å²) >= 11 is 3.77. The summed E-state index contributed by atoms with van der Waals surface area (Å²) in [5.41, 5.74) is 5.29. The summed E-state index contributed by atoms with van der Waals surface area (Å²) in [4.78, 5) is 0.395. The molecule has 1 unspecified atom stereocenters. The first kappa shape index (κ1) is 15.5. The Labute approximate surface area is 121 Å². The van der Waals surface area contributed by atoms with E-state index < -0.39 is 0 Å². The highest BCUT2D eigenvalue weighted by Crippen LogP contribution is 2.28. The van der Waals surface area contributed by atoms with Crippen molar-refractivity contribution in [3.05, 3.63) is 41.5 Å². The molecule has 18 heavy (non-hydrogen) atoms. The second-order valence-electron chi connectivity index (χ2n) is 5.46. The summed E-state index contributed by atoms with van der Waals surface area (Å²) in [6.45, 7) is 13.2. The van der Waals surface area contributed by atoms with Crippen LogP contribution in [-0.4, -0.2) is 4.83 Å². The SMILES string of the molecule is C=C(c1ccc(CC)c(C)c1)C(Br)CCC(C)C. The average Bonchev–Trinajstić information content (AvgIpc) is 2.34. The van der Waals surface area contributed by atoms with E-state index in [9.17, 15) is 0 Å². The van der Waals surface area contributed by atoms with Gasteiger partial charge in [0.15, 0.2) is 0 Å². The minimum Gasteiger partial charge on any atom is -0.0941 e. The van der Waals surface area contributed by atoms with Gasteiger partial charge in [0.2, 0.25) is 0 Å². The first-order valence-corrected chi connectivity index (χ1v) is 7.80. The van der Waals surface area contributed by atoms with Gasteiger partial charge in [0.25, 0.3) is 0 Å². The van der Waals surface area contributed by atoms with Gasteiger partial charge < -0.3 is 0 Å². The van der Waals surface area contributed by atoms with E-state index in [1.807, 2.05) is 0 Å². The van der Waals surface area contributed by atoms with Gasteiger partial charge in [-0.25, -0.2) is 0 Å². The van der Waals surface area contributed by atoms with Gasteiger partial charge in [-0.15, -0.1) is 0 Å². The van der Waals surface area contributed by atoms with E-state index in [-0.39, 0.29) is 0 Å². The van der Waals surface area contributed by atoms with E-state index in [0.717, 1.165) is 18.8 Å². The lowest BCUT2D eigenvalue weighted by Gasteiger charge is -2.16. The molecule has 0 aromatic heterocycles. The molecule has 0 radical (unpaired) electrons. The van der Waals surface area contributed by atoms with Crippen molar-refractivity contribution < 1.29 is 0 Å². The van der Waals surface area contributed by atoms with Crippen LogP contribution in [0.1, 0.15) is 50.3 Å². The van der Waals surface area contributed by atoms with Crippen LogP contribution < -0.4 is 0 Å². The summed E-state index contributed by atoms with van der Waals surface area (Å²) in [5.74, 6) is 0.752. The smallest absolute Gasteiger partial charge is 0.0395 e. The molecule has 0 fully saturated rings. The summed E-state index contributed by atoms with van der Waals surface area (Å²) in [7, 11) is 0. The van der Waals surface area contributed by atoms with Crippen LogP contribution in [0.3, 0.4) is 0 Å². The van der Waals surface area contributed by atoms with Crippen LogP contribution in [0.5, 0.6) is 0 Å². The lowest BCUT2D eigenvalue weighted by Crippen LogP contribution is -2.03.